The van der Waals surface area contributed by atoms with Crippen molar-refractivity contribution in [2.45, 2.75) is 32.2 Å². The Bertz CT molecular complexity index is 1070. The summed E-state index contributed by atoms with van der Waals surface area (Å²) < 4.78 is 23.0. The summed E-state index contributed by atoms with van der Waals surface area (Å²) in [7, 11) is 0. The van der Waals surface area contributed by atoms with Crippen molar-refractivity contribution in [3.8, 4) is 12.3 Å². The number of hydrogen-bond donors (Lipinski definition) is 3. The number of rotatable bonds is 11. The number of nitrogens with one attached hydrogen (secondary N) is 2. The van der Waals surface area contributed by atoms with Gasteiger partial charge in [0.25, 0.3) is 0 Å². The van der Waals surface area contributed by atoms with Crippen LogP contribution in [0, 0.1) is 18.3 Å². The molecule has 188 valence electrons. The van der Waals surface area contributed by atoms with Crippen LogP contribution in [0.3, 0.4) is 0 Å². The molecule has 9 heteroatoms. The van der Waals surface area contributed by atoms with Gasteiger partial charge in [-0.05, 0) is 55.1 Å². The van der Waals surface area contributed by atoms with Crippen molar-refractivity contribution < 1.29 is 18.4 Å². The molecule has 0 radical (unpaired) electrons. The molecule has 1 fully saturated rings. The number of fused-ring (bicyclic) bond motifs is 1. The molecule has 2 unspecified atom stereocenters. The van der Waals surface area contributed by atoms with Crippen molar-refractivity contribution in [3.63, 3.8) is 0 Å². The highest BCUT2D eigenvalue weighted by atomic mass is 32.2. The van der Waals surface area contributed by atoms with E-state index in [1.807, 2.05) is 0 Å². The summed E-state index contributed by atoms with van der Waals surface area (Å²) in [5.41, 5.74) is 1.32. The number of piperidine rings is 1. The minimum Gasteiger partial charge on any atom is -0.347 e. The maximum atomic E-state index is 12.0. The van der Waals surface area contributed by atoms with E-state index >= 15 is 0 Å². The van der Waals surface area contributed by atoms with E-state index in [0.29, 0.717) is 6.54 Å². The zero-order valence-electron chi connectivity index (χ0n) is 20.1. The van der Waals surface area contributed by atoms with Crippen molar-refractivity contribution >= 4 is 33.9 Å². The molecule has 3 rings (SSSR count). The number of amides is 2. The lowest BCUT2D eigenvalue weighted by atomic mass is 9.93. The quantitative estimate of drug-likeness (QED) is 0.326. The monoisotopic (exact) mass is 498 g/mol. The molecule has 0 saturated carbocycles. The zero-order chi connectivity index (χ0) is 25.2. The minimum absolute atomic E-state index is 0.0334. The second-order valence-electron chi connectivity index (χ2n) is 8.85. The van der Waals surface area contributed by atoms with Gasteiger partial charge in [-0.15, -0.1) is 6.42 Å². The Labute approximate surface area is 209 Å². The smallest absolute Gasteiger partial charge is 0.240 e. The molecule has 1 saturated heterocycles. The number of carbonyl (C=O) groups excluding carboxylic acids is 2. The Hall–Kier alpha value is -2.77. The van der Waals surface area contributed by atoms with Crippen molar-refractivity contribution in [1.29, 1.82) is 0 Å². The summed E-state index contributed by atoms with van der Waals surface area (Å²) in [5, 5.41) is 7.48. The molecular weight excluding hydrogens is 464 g/mol. The van der Waals surface area contributed by atoms with Crippen LogP contribution in [0.15, 0.2) is 42.5 Å². The van der Waals surface area contributed by atoms with Gasteiger partial charge in [0.1, 0.15) is 0 Å². The van der Waals surface area contributed by atoms with Crippen LogP contribution < -0.4 is 10.6 Å². The molecule has 1 aliphatic heterocycles. The maximum absolute atomic E-state index is 12.0. The normalized spacial score (nSPS) is 16.5. The van der Waals surface area contributed by atoms with E-state index in [0.717, 1.165) is 25.9 Å². The van der Waals surface area contributed by atoms with Crippen LogP contribution in [0.4, 0.5) is 0 Å². The third kappa shape index (κ3) is 7.87. The van der Waals surface area contributed by atoms with Gasteiger partial charge in [-0.3, -0.25) is 19.0 Å². The van der Waals surface area contributed by atoms with Gasteiger partial charge in [0.2, 0.25) is 23.1 Å². The van der Waals surface area contributed by atoms with Crippen LogP contribution >= 0.6 is 0 Å². The molecule has 1 aliphatic rings. The van der Waals surface area contributed by atoms with E-state index in [1.54, 1.807) is 0 Å². The van der Waals surface area contributed by atoms with Crippen LogP contribution in [0.1, 0.15) is 37.8 Å². The molecule has 2 amide bonds. The van der Waals surface area contributed by atoms with E-state index in [4.69, 9.17) is 6.42 Å². The molecule has 1 heterocycles. The number of nitrogens with zero attached hydrogens (tertiary/aromatic N) is 2. The number of benzene rings is 2. The summed E-state index contributed by atoms with van der Waals surface area (Å²) >= 11 is -2.16. The summed E-state index contributed by atoms with van der Waals surface area (Å²) in [6.07, 6.45) is 6.95. The number of hydrogen-bond acceptors (Lipinski definition) is 4. The Morgan fingerprint density at radius 1 is 1.17 bits per heavy atom. The summed E-state index contributed by atoms with van der Waals surface area (Å²) in [4.78, 5) is 26.0. The third-order valence-electron chi connectivity index (χ3n) is 6.58. The molecule has 3 N–H and O–H groups in total. The summed E-state index contributed by atoms with van der Waals surface area (Å²) in [5.74, 6) is 1.84. The molecule has 2 aromatic rings. The van der Waals surface area contributed by atoms with E-state index in [2.05, 4.69) is 70.8 Å². The molecule has 0 bridgehead atoms. The summed E-state index contributed by atoms with van der Waals surface area (Å²) in [6, 6.07) is 15.2. The van der Waals surface area contributed by atoms with Gasteiger partial charge in [0.05, 0.1) is 13.1 Å². The molecule has 8 nitrogen and oxygen atoms in total. The fourth-order valence-electron chi connectivity index (χ4n) is 4.56. The molecule has 35 heavy (non-hydrogen) atoms. The van der Waals surface area contributed by atoms with E-state index in [1.165, 1.54) is 20.6 Å². The lowest BCUT2D eigenvalue weighted by Crippen LogP contribution is -2.42. The molecule has 2 aromatic carbocycles. The second kappa shape index (κ2) is 13.4. The lowest BCUT2D eigenvalue weighted by Gasteiger charge is -2.37. The summed E-state index contributed by atoms with van der Waals surface area (Å²) in [6.45, 7) is 4.59. The van der Waals surface area contributed by atoms with E-state index in [9.17, 15) is 18.4 Å². The van der Waals surface area contributed by atoms with Crippen LogP contribution in [-0.2, 0) is 20.9 Å². The predicted molar refractivity (Wildman–Crippen MR) is 138 cm³/mol. The van der Waals surface area contributed by atoms with Crippen LogP contribution in [-0.4, -0.2) is 69.0 Å². The predicted octanol–water partition coefficient (Wildman–Crippen LogP) is 2.31. The molecule has 2 atom stereocenters. The molecule has 0 aliphatic carbocycles. The lowest BCUT2D eigenvalue weighted by molar-refractivity contribution is -0.126. The van der Waals surface area contributed by atoms with Gasteiger partial charge in [-0.2, -0.15) is 0 Å². The highest BCUT2D eigenvalue weighted by Crippen LogP contribution is 2.31. The number of likely N-dealkylation sites (tertiary alicyclic amines) is 1. The average Bonchev–Trinajstić information content (AvgIpc) is 2.88. The van der Waals surface area contributed by atoms with Gasteiger partial charge in [0.15, 0.2) is 0 Å². The van der Waals surface area contributed by atoms with Gasteiger partial charge >= 0.3 is 0 Å². The molecular formula is C26H34N4O4S. The standard InChI is InChI=1S/C26H34N4O4S/c1-3-14-27-26(32)18-28-25(31)13-17-30(35(33)34)19-21-11-15-29(16-12-21)20(2)23-10-6-8-22-7-4-5-9-24(22)23/h1,4-10,20-21H,11-19H2,2H3,(H,27,32)(H,28,31)(H,33,34). The Morgan fingerprint density at radius 3 is 2.60 bits per heavy atom. The Kier molecular flexibility index (Phi) is 10.2. The fourth-order valence-corrected chi connectivity index (χ4v) is 5.15. The first-order valence-electron chi connectivity index (χ1n) is 11.9. The Balaban J connectivity index is 1.46. The SMILES string of the molecule is C#CCNC(=O)CNC(=O)CCN(CC1CCN(C(C)c2cccc3ccccc23)CC1)S(=O)O. The van der Waals surface area contributed by atoms with Gasteiger partial charge < -0.3 is 10.6 Å². The third-order valence-corrected chi connectivity index (χ3v) is 7.35. The van der Waals surface area contributed by atoms with Gasteiger partial charge in [-0.25, -0.2) is 8.51 Å². The first-order chi connectivity index (χ1) is 16.9. The first kappa shape index (κ1) is 26.8. The van der Waals surface area contributed by atoms with E-state index in [-0.39, 0.29) is 49.8 Å². The molecule has 0 spiro atoms. The fraction of sp³-hybridized carbons (Fsp3) is 0.462. The van der Waals surface area contributed by atoms with Crippen LogP contribution in [0.5, 0.6) is 0 Å². The average molecular weight is 499 g/mol. The van der Waals surface area contributed by atoms with Crippen molar-refractivity contribution in [1.82, 2.24) is 19.8 Å². The number of terminal acetylenes is 1. The minimum atomic E-state index is -2.16. The highest BCUT2D eigenvalue weighted by molar-refractivity contribution is 7.76. The van der Waals surface area contributed by atoms with Gasteiger partial charge in [0, 0.05) is 25.6 Å². The Morgan fingerprint density at radius 2 is 1.89 bits per heavy atom. The zero-order valence-corrected chi connectivity index (χ0v) is 20.9. The molecule has 0 aromatic heterocycles. The topological polar surface area (TPSA) is 102 Å². The van der Waals surface area contributed by atoms with Crippen molar-refractivity contribution in [3.05, 3.63) is 48.0 Å². The highest BCUT2D eigenvalue weighted by Gasteiger charge is 2.27. The largest absolute Gasteiger partial charge is 0.347 e. The first-order valence-corrected chi connectivity index (χ1v) is 13.0. The van der Waals surface area contributed by atoms with Gasteiger partial charge in [-0.1, -0.05) is 48.4 Å². The van der Waals surface area contributed by atoms with Crippen LogP contribution in [0.2, 0.25) is 0 Å². The number of carbonyl (C=O) groups is 2. The second-order valence-corrected chi connectivity index (χ2v) is 9.83. The van der Waals surface area contributed by atoms with Crippen LogP contribution in [0.25, 0.3) is 10.8 Å². The van der Waals surface area contributed by atoms with E-state index < -0.39 is 11.3 Å². The van der Waals surface area contributed by atoms with Crippen molar-refractivity contribution in [2.75, 3.05) is 39.3 Å². The van der Waals surface area contributed by atoms with Crippen molar-refractivity contribution in [2.24, 2.45) is 5.92 Å². The maximum Gasteiger partial charge on any atom is 0.240 e.